The van der Waals surface area contributed by atoms with Gasteiger partial charge < -0.3 is 15.4 Å². The summed E-state index contributed by atoms with van der Waals surface area (Å²) in [5.74, 6) is 1.08. The highest BCUT2D eigenvalue weighted by Crippen LogP contribution is 2.22. The van der Waals surface area contributed by atoms with E-state index in [0.717, 1.165) is 13.0 Å². The highest BCUT2D eigenvalue weighted by Gasteiger charge is 2.03. The molecule has 0 aliphatic heterocycles. The standard InChI is InChI=1S/C16H18ClN3O2/c1-18-10-2-3-15(21)20-13-6-9-16(19-11-13)22-14-7-4-12(17)5-8-14/h4-9,11,18H,2-3,10H2,1H3,(H,20,21). The third kappa shape index (κ3) is 5.35. The molecular weight excluding hydrogens is 302 g/mol. The lowest BCUT2D eigenvalue weighted by atomic mass is 10.3. The van der Waals surface area contributed by atoms with Crippen LogP contribution in [0.1, 0.15) is 12.8 Å². The first-order valence-corrected chi connectivity index (χ1v) is 7.39. The lowest BCUT2D eigenvalue weighted by Gasteiger charge is -2.07. The molecule has 0 saturated heterocycles. The van der Waals surface area contributed by atoms with E-state index in [0.29, 0.717) is 28.8 Å². The third-order valence-electron chi connectivity index (χ3n) is 2.89. The number of amides is 1. The summed E-state index contributed by atoms with van der Waals surface area (Å²) in [5, 5.41) is 6.45. The normalized spacial score (nSPS) is 10.3. The minimum Gasteiger partial charge on any atom is -0.439 e. The molecule has 0 aliphatic carbocycles. The van der Waals surface area contributed by atoms with Gasteiger partial charge in [-0.2, -0.15) is 0 Å². The molecule has 1 heterocycles. The van der Waals surface area contributed by atoms with Crippen LogP contribution in [0.3, 0.4) is 0 Å². The second-order valence-electron chi connectivity index (χ2n) is 4.70. The van der Waals surface area contributed by atoms with E-state index in [1.165, 1.54) is 0 Å². The summed E-state index contributed by atoms with van der Waals surface area (Å²) in [7, 11) is 1.86. The molecule has 0 saturated carbocycles. The number of nitrogens with one attached hydrogen (secondary N) is 2. The Hall–Kier alpha value is -2.11. The molecule has 2 rings (SSSR count). The van der Waals surface area contributed by atoms with E-state index in [9.17, 15) is 4.79 Å². The molecule has 0 fully saturated rings. The molecule has 1 aromatic carbocycles. The van der Waals surface area contributed by atoms with E-state index < -0.39 is 0 Å². The molecule has 0 bridgehead atoms. The summed E-state index contributed by atoms with van der Waals surface area (Å²) >= 11 is 5.81. The van der Waals surface area contributed by atoms with Gasteiger partial charge in [-0.15, -0.1) is 0 Å². The Balaban J connectivity index is 1.87. The highest BCUT2D eigenvalue weighted by molar-refractivity contribution is 6.30. The summed E-state index contributed by atoms with van der Waals surface area (Å²) in [5.41, 5.74) is 0.651. The monoisotopic (exact) mass is 319 g/mol. The van der Waals surface area contributed by atoms with Crippen LogP contribution in [0.4, 0.5) is 5.69 Å². The van der Waals surface area contributed by atoms with Gasteiger partial charge in [0.05, 0.1) is 11.9 Å². The minimum absolute atomic E-state index is 0.0246. The molecule has 2 aromatic rings. The number of carbonyl (C=O) groups excluding carboxylic acids is 1. The zero-order valence-corrected chi connectivity index (χ0v) is 13.1. The van der Waals surface area contributed by atoms with Gasteiger partial charge in [0.1, 0.15) is 5.75 Å². The van der Waals surface area contributed by atoms with Crippen LogP contribution in [0.25, 0.3) is 0 Å². The van der Waals surface area contributed by atoms with Crippen LogP contribution in [0.2, 0.25) is 5.02 Å². The van der Waals surface area contributed by atoms with Crippen molar-refractivity contribution < 1.29 is 9.53 Å². The number of benzene rings is 1. The topological polar surface area (TPSA) is 63.2 Å². The van der Waals surface area contributed by atoms with E-state index in [1.807, 2.05) is 7.05 Å². The lowest BCUT2D eigenvalue weighted by Crippen LogP contribution is -2.15. The zero-order chi connectivity index (χ0) is 15.8. The summed E-state index contributed by atoms with van der Waals surface area (Å²) < 4.78 is 5.58. The van der Waals surface area contributed by atoms with Crippen molar-refractivity contribution in [3.63, 3.8) is 0 Å². The molecule has 5 nitrogen and oxygen atoms in total. The van der Waals surface area contributed by atoms with Crippen molar-refractivity contribution in [1.82, 2.24) is 10.3 Å². The molecule has 22 heavy (non-hydrogen) atoms. The number of hydrogen-bond acceptors (Lipinski definition) is 4. The second-order valence-corrected chi connectivity index (χ2v) is 5.13. The van der Waals surface area contributed by atoms with Gasteiger partial charge in [0.25, 0.3) is 0 Å². The van der Waals surface area contributed by atoms with Crippen molar-refractivity contribution in [3.8, 4) is 11.6 Å². The molecule has 116 valence electrons. The van der Waals surface area contributed by atoms with Crippen LogP contribution in [-0.2, 0) is 4.79 Å². The number of ether oxygens (including phenoxy) is 1. The van der Waals surface area contributed by atoms with Crippen molar-refractivity contribution in [2.24, 2.45) is 0 Å². The number of halogens is 1. The Kier molecular flexibility index (Phi) is 6.18. The first kappa shape index (κ1) is 16.3. The fourth-order valence-corrected chi connectivity index (χ4v) is 1.91. The van der Waals surface area contributed by atoms with Gasteiger partial charge in [0, 0.05) is 17.5 Å². The second kappa shape index (κ2) is 8.36. The van der Waals surface area contributed by atoms with Crippen molar-refractivity contribution in [2.45, 2.75) is 12.8 Å². The summed E-state index contributed by atoms with van der Waals surface area (Å²) in [6.45, 7) is 0.819. The van der Waals surface area contributed by atoms with Gasteiger partial charge in [0.15, 0.2) is 0 Å². The predicted octanol–water partition coefficient (Wildman–Crippen LogP) is 3.47. The largest absolute Gasteiger partial charge is 0.439 e. The number of carbonyl (C=O) groups is 1. The van der Waals surface area contributed by atoms with Crippen molar-refractivity contribution >= 4 is 23.2 Å². The SMILES string of the molecule is CNCCCC(=O)Nc1ccc(Oc2ccc(Cl)cc2)nc1. The van der Waals surface area contributed by atoms with E-state index in [-0.39, 0.29) is 5.91 Å². The lowest BCUT2D eigenvalue weighted by molar-refractivity contribution is -0.116. The maximum atomic E-state index is 11.7. The predicted molar refractivity (Wildman–Crippen MR) is 87.6 cm³/mol. The van der Waals surface area contributed by atoms with Gasteiger partial charge in [-0.05, 0) is 50.3 Å². The summed E-state index contributed by atoms with van der Waals surface area (Å²) in [6, 6.07) is 10.5. The van der Waals surface area contributed by atoms with Gasteiger partial charge in [-0.25, -0.2) is 4.98 Å². The molecule has 6 heteroatoms. The number of aromatic nitrogens is 1. The molecule has 0 unspecified atom stereocenters. The van der Waals surface area contributed by atoms with E-state index in [2.05, 4.69) is 15.6 Å². The maximum Gasteiger partial charge on any atom is 0.224 e. The van der Waals surface area contributed by atoms with Crippen molar-refractivity contribution in [1.29, 1.82) is 0 Å². The first-order valence-electron chi connectivity index (χ1n) is 7.01. The minimum atomic E-state index is -0.0246. The van der Waals surface area contributed by atoms with E-state index >= 15 is 0 Å². The molecule has 0 aliphatic rings. The van der Waals surface area contributed by atoms with Crippen LogP contribution in [0, 0.1) is 0 Å². The highest BCUT2D eigenvalue weighted by atomic mass is 35.5. The Morgan fingerprint density at radius 2 is 2.00 bits per heavy atom. The third-order valence-corrected chi connectivity index (χ3v) is 3.14. The zero-order valence-electron chi connectivity index (χ0n) is 12.3. The van der Waals surface area contributed by atoms with Crippen LogP contribution in [-0.4, -0.2) is 24.5 Å². The van der Waals surface area contributed by atoms with Gasteiger partial charge >= 0.3 is 0 Å². The molecule has 0 radical (unpaired) electrons. The molecule has 1 aromatic heterocycles. The van der Waals surface area contributed by atoms with Gasteiger partial charge in [-0.3, -0.25) is 4.79 Å². The Bertz CT molecular complexity index is 600. The van der Waals surface area contributed by atoms with E-state index in [4.69, 9.17) is 16.3 Å². The number of nitrogens with zero attached hydrogens (tertiary/aromatic N) is 1. The quantitative estimate of drug-likeness (QED) is 0.767. The Labute approximate surface area is 134 Å². The van der Waals surface area contributed by atoms with Crippen LogP contribution >= 0.6 is 11.6 Å². The number of anilines is 1. The van der Waals surface area contributed by atoms with E-state index in [1.54, 1.807) is 42.6 Å². The van der Waals surface area contributed by atoms with Crippen LogP contribution in [0.5, 0.6) is 11.6 Å². The summed E-state index contributed by atoms with van der Waals surface area (Å²) in [4.78, 5) is 15.8. The maximum absolute atomic E-state index is 11.7. The van der Waals surface area contributed by atoms with Crippen LogP contribution in [0.15, 0.2) is 42.6 Å². The number of pyridine rings is 1. The Morgan fingerprint density at radius 3 is 2.64 bits per heavy atom. The average Bonchev–Trinajstić information content (AvgIpc) is 2.52. The number of hydrogen-bond donors (Lipinski definition) is 2. The smallest absolute Gasteiger partial charge is 0.224 e. The molecule has 0 spiro atoms. The first-order chi connectivity index (χ1) is 10.7. The Morgan fingerprint density at radius 1 is 1.23 bits per heavy atom. The fraction of sp³-hybridized carbons (Fsp3) is 0.250. The average molecular weight is 320 g/mol. The van der Waals surface area contributed by atoms with Gasteiger partial charge in [-0.1, -0.05) is 11.6 Å². The molecule has 0 atom stereocenters. The van der Waals surface area contributed by atoms with Crippen molar-refractivity contribution in [2.75, 3.05) is 18.9 Å². The summed E-state index contributed by atoms with van der Waals surface area (Å²) in [6.07, 6.45) is 2.85. The fourth-order valence-electron chi connectivity index (χ4n) is 1.79. The number of rotatable bonds is 7. The molecule has 1 amide bonds. The molecular formula is C16H18ClN3O2. The van der Waals surface area contributed by atoms with Crippen LogP contribution < -0.4 is 15.4 Å². The van der Waals surface area contributed by atoms with Crippen molar-refractivity contribution in [3.05, 3.63) is 47.6 Å². The molecule has 2 N–H and O–H groups in total. The van der Waals surface area contributed by atoms with Gasteiger partial charge in [0.2, 0.25) is 11.8 Å².